The second-order valence-corrected chi connectivity index (χ2v) is 5.24. The zero-order chi connectivity index (χ0) is 14.8. The molecule has 0 unspecified atom stereocenters. The third-order valence-corrected chi connectivity index (χ3v) is 3.32. The van der Waals surface area contributed by atoms with E-state index >= 15 is 0 Å². The molecule has 3 rings (SSSR count). The van der Waals surface area contributed by atoms with Gasteiger partial charge in [-0.15, -0.1) is 0 Å². The third-order valence-electron chi connectivity index (χ3n) is 2.88. The first-order chi connectivity index (χ1) is 10.1. The standard InChI is InChI=1S/C14H9BrN4O2/c15-10-6-13(19(20)21)14(17-7-10)18-11-5-9-3-1-2-4-12(9)16-8-11/h1-8H,(H,17,18). The maximum Gasteiger partial charge on any atom is 0.312 e. The number of nitro groups is 1. The van der Waals surface area contributed by atoms with Crippen molar-refractivity contribution < 1.29 is 4.92 Å². The fourth-order valence-corrected chi connectivity index (χ4v) is 2.26. The highest BCUT2D eigenvalue weighted by atomic mass is 79.9. The number of para-hydroxylation sites is 1. The molecule has 0 bridgehead atoms. The molecule has 1 aromatic carbocycles. The van der Waals surface area contributed by atoms with Crippen LogP contribution in [0.3, 0.4) is 0 Å². The lowest BCUT2D eigenvalue weighted by Gasteiger charge is -2.07. The summed E-state index contributed by atoms with van der Waals surface area (Å²) in [6.45, 7) is 0. The lowest BCUT2D eigenvalue weighted by atomic mass is 10.2. The van der Waals surface area contributed by atoms with Crippen molar-refractivity contribution >= 4 is 44.0 Å². The number of anilines is 2. The van der Waals surface area contributed by atoms with Gasteiger partial charge in [-0.1, -0.05) is 18.2 Å². The smallest absolute Gasteiger partial charge is 0.312 e. The molecule has 0 aliphatic heterocycles. The van der Waals surface area contributed by atoms with Crippen LogP contribution >= 0.6 is 15.9 Å². The van der Waals surface area contributed by atoms with Crippen molar-refractivity contribution in [3.63, 3.8) is 0 Å². The highest BCUT2D eigenvalue weighted by molar-refractivity contribution is 9.10. The molecular formula is C14H9BrN4O2. The Morgan fingerprint density at radius 3 is 2.76 bits per heavy atom. The maximum atomic E-state index is 11.1. The van der Waals surface area contributed by atoms with E-state index in [1.54, 1.807) is 6.20 Å². The van der Waals surface area contributed by atoms with Gasteiger partial charge in [-0.3, -0.25) is 15.1 Å². The van der Waals surface area contributed by atoms with Crippen LogP contribution in [0.4, 0.5) is 17.2 Å². The van der Waals surface area contributed by atoms with Crippen molar-refractivity contribution in [1.82, 2.24) is 9.97 Å². The molecule has 0 aliphatic rings. The Balaban J connectivity index is 2.00. The van der Waals surface area contributed by atoms with Gasteiger partial charge in [0.15, 0.2) is 0 Å². The van der Waals surface area contributed by atoms with E-state index in [4.69, 9.17) is 0 Å². The molecule has 7 heteroatoms. The molecule has 3 aromatic rings. The van der Waals surface area contributed by atoms with Crippen molar-refractivity contribution in [2.45, 2.75) is 0 Å². The molecule has 104 valence electrons. The molecule has 0 saturated heterocycles. The van der Waals surface area contributed by atoms with Crippen LogP contribution in [0.1, 0.15) is 0 Å². The minimum Gasteiger partial charge on any atom is -0.333 e. The number of nitrogens with zero attached hydrogens (tertiary/aromatic N) is 3. The second kappa shape index (κ2) is 5.45. The first-order valence-electron chi connectivity index (χ1n) is 6.05. The summed E-state index contributed by atoms with van der Waals surface area (Å²) in [7, 11) is 0. The summed E-state index contributed by atoms with van der Waals surface area (Å²) in [5.41, 5.74) is 1.41. The molecule has 0 spiro atoms. The molecule has 6 nitrogen and oxygen atoms in total. The fourth-order valence-electron chi connectivity index (χ4n) is 1.94. The Labute approximate surface area is 128 Å². The van der Waals surface area contributed by atoms with Crippen molar-refractivity contribution in [3.8, 4) is 0 Å². The van der Waals surface area contributed by atoms with E-state index in [1.807, 2.05) is 30.3 Å². The molecule has 0 amide bonds. The van der Waals surface area contributed by atoms with E-state index in [9.17, 15) is 10.1 Å². The molecule has 0 aliphatic carbocycles. The van der Waals surface area contributed by atoms with Crippen molar-refractivity contribution in [2.75, 3.05) is 5.32 Å². The second-order valence-electron chi connectivity index (χ2n) is 4.32. The van der Waals surface area contributed by atoms with Gasteiger partial charge >= 0.3 is 5.69 Å². The molecule has 2 heterocycles. The number of hydrogen-bond donors (Lipinski definition) is 1. The van der Waals surface area contributed by atoms with Crippen LogP contribution in [0.15, 0.2) is 53.3 Å². The van der Waals surface area contributed by atoms with Crippen LogP contribution in [0.2, 0.25) is 0 Å². The molecule has 0 radical (unpaired) electrons. The van der Waals surface area contributed by atoms with Gasteiger partial charge in [-0.25, -0.2) is 4.98 Å². The summed E-state index contributed by atoms with van der Waals surface area (Å²) < 4.78 is 0.552. The van der Waals surface area contributed by atoms with Crippen LogP contribution in [-0.4, -0.2) is 14.9 Å². The fraction of sp³-hybridized carbons (Fsp3) is 0. The van der Waals surface area contributed by atoms with Crippen molar-refractivity contribution in [2.24, 2.45) is 0 Å². The molecular weight excluding hydrogens is 336 g/mol. The molecule has 21 heavy (non-hydrogen) atoms. The zero-order valence-corrected chi connectivity index (χ0v) is 12.2. The molecule has 0 fully saturated rings. The molecule has 0 saturated carbocycles. The minimum absolute atomic E-state index is 0.0995. The van der Waals surface area contributed by atoms with Gasteiger partial charge in [-0.05, 0) is 28.1 Å². The number of aromatic nitrogens is 2. The van der Waals surface area contributed by atoms with E-state index < -0.39 is 4.92 Å². The Morgan fingerprint density at radius 1 is 1.14 bits per heavy atom. The van der Waals surface area contributed by atoms with Gasteiger partial charge in [0.25, 0.3) is 0 Å². The summed E-state index contributed by atoms with van der Waals surface area (Å²) in [5.74, 6) is 0.181. The number of rotatable bonds is 3. The quantitative estimate of drug-likeness (QED) is 0.572. The topological polar surface area (TPSA) is 81.0 Å². The van der Waals surface area contributed by atoms with Crippen LogP contribution in [0.5, 0.6) is 0 Å². The Morgan fingerprint density at radius 2 is 1.95 bits per heavy atom. The normalized spacial score (nSPS) is 10.5. The van der Waals surface area contributed by atoms with Gasteiger partial charge in [0, 0.05) is 22.1 Å². The largest absolute Gasteiger partial charge is 0.333 e. The van der Waals surface area contributed by atoms with E-state index in [0.29, 0.717) is 10.2 Å². The van der Waals surface area contributed by atoms with E-state index in [1.165, 1.54) is 12.3 Å². The number of halogens is 1. The number of fused-ring (bicyclic) bond motifs is 1. The monoisotopic (exact) mass is 344 g/mol. The Hall–Kier alpha value is -2.54. The summed E-state index contributed by atoms with van der Waals surface area (Å²) in [6.07, 6.45) is 3.12. The van der Waals surface area contributed by atoms with Gasteiger partial charge in [0.05, 0.1) is 22.3 Å². The Kier molecular flexibility index (Phi) is 3.49. The summed E-state index contributed by atoms with van der Waals surface area (Å²) >= 11 is 3.18. The lowest BCUT2D eigenvalue weighted by molar-refractivity contribution is -0.384. The number of pyridine rings is 2. The van der Waals surface area contributed by atoms with Crippen LogP contribution < -0.4 is 5.32 Å². The summed E-state index contributed by atoms with van der Waals surface area (Å²) in [4.78, 5) is 18.9. The molecule has 1 N–H and O–H groups in total. The lowest BCUT2D eigenvalue weighted by Crippen LogP contribution is -2.00. The molecule has 2 aromatic heterocycles. The Bertz CT molecular complexity index is 838. The summed E-state index contributed by atoms with van der Waals surface area (Å²) in [6, 6.07) is 10.9. The highest BCUT2D eigenvalue weighted by Crippen LogP contribution is 2.28. The predicted molar refractivity (Wildman–Crippen MR) is 83.6 cm³/mol. The number of hydrogen-bond acceptors (Lipinski definition) is 5. The number of benzene rings is 1. The van der Waals surface area contributed by atoms with Crippen molar-refractivity contribution in [3.05, 3.63) is 63.4 Å². The van der Waals surface area contributed by atoms with Crippen LogP contribution in [-0.2, 0) is 0 Å². The molecule has 0 atom stereocenters. The zero-order valence-electron chi connectivity index (χ0n) is 10.7. The van der Waals surface area contributed by atoms with Crippen LogP contribution in [0.25, 0.3) is 10.9 Å². The summed E-state index contributed by atoms with van der Waals surface area (Å²) in [5, 5.41) is 14.9. The minimum atomic E-state index is -0.478. The number of nitrogens with one attached hydrogen (secondary N) is 1. The average molecular weight is 345 g/mol. The first kappa shape index (κ1) is 13.4. The van der Waals surface area contributed by atoms with Gasteiger partial charge in [0.2, 0.25) is 5.82 Å². The van der Waals surface area contributed by atoms with E-state index in [-0.39, 0.29) is 11.5 Å². The maximum absolute atomic E-state index is 11.1. The predicted octanol–water partition coefficient (Wildman–Crippen LogP) is 4.04. The van der Waals surface area contributed by atoms with E-state index in [2.05, 4.69) is 31.2 Å². The van der Waals surface area contributed by atoms with Gasteiger partial charge < -0.3 is 5.32 Å². The third kappa shape index (κ3) is 2.82. The van der Waals surface area contributed by atoms with Crippen LogP contribution in [0, 0.1) is 10.1 Å². The average Bonchev–Trinajstić information content (AvgIpc) is 2.49. The van der Waals surface area contributed by atoms with Crippen molar-refractivity contribution in [1.29, 1.82) is 0 Å². The SMILES string of the molecule is O=[N+]([O-])c1cc(Br)cnc1Nc1cnc2ccccc2c1. The van der Waals surface area contributed by atoms with Gasteiger partial charge in [0.1, 0.15) is 0 Å². The highest BCUT2D eigenvalue weighted by Gasteiger charge is 2.16. The first-order valence-corrected chi connectivity index (χ1v) is 6.84. The van der Waals surface area contributed by atoms with Gasteiger partial charge in [-0.2, -0.15) is 0 Å². The van der Waals surface area contributed by atoms with E-state index in [0.717, 1.165) is 10.9 Å².